The molecule has 2 aromatic rings. The lowest BCUT2D eigenvalue weighted by Gasteiger charge is -2.51. The van der Waals surface area contributed by atoms with Gasteiger partial charge in [0, 0.05) is 24.8 Å². The number of carbonyl (C=O) groups is 3. The summed E-state index contributed by atoms with van der Waals surface area (Å²) < 4.78 is 5.40. The molecule has 2 atom stereocenters. The highest BCUT2D eigenvalue weighted by molar-refractivity contribution is 8.00. The molecule has 2 aliphatic heterocycles. The van der Waals surface area contributed by atoms with Crippen LogP contribution < -0.4 is 4.84 Å². The van der Waals surface area contributed by atoms with Gasteiger partial charge < -0.3 is 9.57 Å². The predicted molar refractivity (Wildman–Crippen MR) is 122 cm³/mol. The Kier molecular flexibility index (Phi) is 6.55. The van der Waals surface area contributed by atoms with E-state index in [1.807, 2.05) is 0 Å². The standard InChI is InChI=1S/C23H21N3O7S/c1-14-13-34-22-20(25(15(2)27)33-18-6-4-3-5-7-18)21(28)24(22)19(14)23(29)32-12-16-8-10-17(11-9-16)26(30)31/h3-11,20,22H,12-13H2,1-2H3/t20?,22-/m0/s1. The van der Waals surface area contributed by atoms with Gasteiger partial charge in [-0.05, 0) is 42.3 Å². The van der Waals surface area contributed by atoms with Crippen LogP contribution in [0, 0.1) is 10.1 Å². The monoisotopic (exact) mass is 483 g/mol. The molecule has 0 spiro atoms. The van der Waals surface area contributed by atoms with E-state index < -0.39 is 34.1 Å². The van der Waals surface area contributed by atoms with Gasteiger partial charge in [-0.15, -0.1) is 11.8 Å². The van der Waals surface area contributed by atoms with E-state index in [0.29, 0.717) is 22.6 Å². The first kappa shape index (κ1) is 23.3. The molecule has 1 fully saturated rings. The van der Waals surface area contributed by atoms with Gasteiger partial charge in [0.1, 0.15) is 17.7 Å². The van der Waals surface area contributed by atoms with Gasteiger partial charge in [-0.1, -0.05) is 18.2 Å². The number of nitrogens with zero attached hydrogens (tertiary/aromatic N) is 3. The number of thioether (sulfide) groups is 1. The van der Waals surface area contributed by atoms with Gasteiger partial charge in [-0.3, -0.25) is 24.6 Å². The van der Waals surface area contributed by atoms with Gasteiger partial charge in [-0.25, -0.2) is 4.79 Å². The first-order chi connectivity index (χ1) is 16.3. The van der Waals surface area contributed by atoms with Crippen molar-refractivity contribution in [3.8, 4) is 5.75 Å². The second kappa shape index (κ2) is 9.56. The van der Waals surface area contributed by atoms with Gasteiger partial charge >= 0.3 is 5.97 Å². The first-order valence-electron chi connectivity index (χ1n) is 10.4. The van der Waals surface area contributed by atoms with Crippen molar-refractivity contribution in [2.45, 2.75) is 31.9 Å². The minimum absolute atomic E-state index is 0.0641. The molecule has 0 bridgehead atoms. The summed E-state index contributed by atoms with van der Waals surface area (Å²) >= 11 is 1.43. The molecule has 0 radical (unpaired) electrons. The van der Waals surface area contributed by atoms with Crippen LogP contribution in [0.3, 0.4) is 0 Å². The number of nitro benzene ring substituents is 1. The Morgan fingerprint density at radius 1 is 1.18 bits per heavy atom. The number of nitro groups is 1. The van der Waals surface area contributed by atoms with Crippen molar-refractivity contribution in [1.29, 1.82) is 0 Å². The summed E-state index contributed by atoms with van der Waals surface area (Å²) in [5.41, 5.74) is 1.34. The molecule has 4 rings (SSSR count). The van der Waals surface area contributed by atoms with Crippen molar-refractivity contribution in [2.75, 3.05) is 5.75 Å². The molecular formula is C23H21N3O7S. The fourth-order valence-corrected chi connectivity index (χ4v) is 4.99. The number of fused-ring (bicyclic) bond motifs is 1. The number of ether oxygens (including phenoxy) is 1. The number of para-hydroxylation sites is 1. The zero-order valence-electron chi connectivity index (χ0n) is 18.4. The van der Waals surface area contributed by atoms with E-state index >= 15 is 0 Å². The Morgan fingerprint density at radius 3 is 2.47 bits per heavy atom. The first-order valence-corrected chi connectivity index (χ1v) is 11.4. The van der Waals surface area contributed by atoms with Crippen LogP contribution in [0.4, 0.5) is 5.69 Å². The largest absolute Gasteiger partial charge is 0.456 e. The Morgan fingerprint density at radius 2 is 1.85 bits per heavy atom. The van der Waals surface area contributed by atoms with Crippen LogP contribution in [-0.4, -0.2) is 49.8 Å². The minimum Gasteiger partial charge on any atom is -0.456 e. The average molecular weight is 484 g/mol. The second-order valence-electron chi connectivity index (χ2n) is 7.73. The molecule has 2 aromatic carbocycles. The van der Waals surface area contributed by atoms with E-state index in [2.05, 4.69) is 0 Å². The average Bonchev–Trinajstić information content (AvgIpc) is 2.83. The van der Waals surface area contributed by atoms with E-state index in [9.17, 15) is 24.5 Å². The molecule has 2 amide bonds. The topological polar surface area (TPSA) is 119 Å². The Balaban J connectivity index is 1.47. The highest BCUT2D eigenvalue weighted by Crippen LogP contribution is 2.43. The lowest BCUT2D eigenvalue weighted by molar-refractivity contribution is -0.384. The Labute approximate surface area is 199 Å². The third kappa shape index (κ3) is 4.46. The molecule has 1 unspecified atom stereocenters. The number of hydrogen-bond donors (Lipinski definition) is 0. The van der Waals surface area contributed by atoms with E-state index in [1.54, 1.807) is 37.3 Å². The number of non-ortho nitro benzene ring substituents is 1. The van der Waals surface area contributed by atoms with Crippen molar-refractivity contribution in [3.05, 3.63) is 81.5 Å². The van der Waals surface area contributed by atoms with Crippen LogP contribution in [0.15, 0.2) is 65.9 Å². The Hall–Kier alpha value is -3.86. The summed E-state index contributed by atoms with van der Waals surface area (Å²) in [6, 6.07) is 13.4. The number of amides is 2. The molecule has 0 aromatic heterocycles. The molecule has 2 heterocycles. The number of carbonyl (C=O) groups excluding carboxylic acids is 3. The fourth-order valence-electron chi connectivity index (χ4n) is 3.67. The summed E-state index contributed by atoms with van der Waals surface area (Å²) in [6.07, 6.45) is 0. The van der Waals surface area contributed by atoms with Crippen LogP contribution in [-0.2, 0) is 25.7 Å². The highest BCUT2D eigenvalue weighted by atomic mass is 32.2. The van der Waals surface area contributed by atoms with E-state index in [4.69, 9.17) is 9.57 Å². The van der Waals surface area contributed by atoms with Crippen molar-refractivity contribution in [3.63, 3.8) is 0 Å². The van der Waals surface area contributed by atoms with Crippen LogP contribution in [0.5, 0.6) is 5.75 Å². The molecule has 1 saturated heterocycles. The molecule has 11 heteroatoms. The molecule has 10 nitrogen and oxygen atoms in total. The molecule has 176 valence electrons. The molecular weight excluding hydrogens is 462 g/mol. The summed E-state index contributed by atoms with van der Waals surface area (Å²) in [5.74, 6) is -0.657. The third-order valence-corrected chi connectivity index (χ3v) is 6.76. The lowest BCUT2D eigenvalue weighted by atomic mass is 10.0. The van der Waals surface area contributed by atoms with Crippen molar-refractivity contribution in [1.82, 2.24) is 9.96 Å². The number of benzene rings is 2. The SMILES string of the molecule is CC(=O)N(Oc1ccccc1)C1C(=O)N2C(C(=O)OCc3ccc([N+](=O)[O-])cc3)=C(C)CS[C@@H]12. The van der Waals surface area contributed by atoms with Crippen LogP contribution >= 0.6 is 11.8 Å². The maximum atomic E-state index is 13.1. The van der Waals surface area contributed by atoms with Crippen molar-refractivity contribution < 1.29 is 28.9 Å². The Bertz CT molecular complexity index is 1170. The van der Waals surface area contributed by atoms with Gasteiger partial charge in [-0.2, -0.15) is 5.06 Å². The smallest absolute Gasteiger partial charge is 0.355 e. The molecule has 0 saturated carbocycles. The maximum Gasteiger partial charge on any atom is 0.355 e. The normalized spacial score (nSPS) is 19.1. The van der Waals surface area contributed by atoms with Crippen molar-refractivity contribution in [2.24, 2.45) is 0 Å². The summed E-state index contributed by atoms with van der Waals surface area (Å²) in [5, 5.41) is 11.3. The second-order valence-corrected chi connectivity index (χ2v) is 8.84. The van der Waals surface area contributed by atoms with Crippen LogP contribution in [0.1, 0.15) is 19.4 Å². The molecule has 34 heavy (non-hydrogen) atoms. The van der Waals surface area contributed by atoms with Gasteiger partial charge in [0.15, 0.2) is 11.8 Å². The predicted octanol–water partition coefficient (Wildman–Crippen LogP) is 3.04. The zero-order chi connectivity index (χ0) is 24.4. The van der Waals surface area contributed by atoms with Crippen LogP contribution in [0.25, 0.3) is 0 Å². The van der Waals surface area contributed by atoms with Crippen LogP contribution in [0.2, 0.25) is 0 Å². The zero-order valence-corrected chi connectivity index (χ0v) is 19.2. The molecule has 0 aliphatic carbocycles. The summed E-state index contributed by atoms with van der Waals surface area (Å²) in [4.78, 5) is 55.6. The van der Waals surface area contributed by atoms with Gasteiger partial charge in [0.2, 0.25) is 0 Å². The fraction of sp³-hybridized carbons (Fsp3) is 0.261. The highest BCUT2D eigenvalue weighted by Gasteiger charge is 2.57. The number of rotatable bonds is 7. The number of esters is 1. The lowest BCUT2D eigenvalue weighted by Crippen LogP contribution is -2.71. The van der Waals surface area contributed by atoms with E-state index in [1.165, 1.54) is 47.9 Å². The molecule has 2 aliphatic rings. The number of hydrogen-bond acceptors (Lipinski definition) is 8. The number of β-lactam (4-membered cyclic amide) rings is 1. The van der Waals surface area contributed by atoms with Gasteiger partial charge in [0.05, 0.1) is 4.92 Å². The third-order valence-electron chi connectivity index (χ3n) is 5.35. The summed E-state index contributed by atoms with van der Waals surface area (Å²) in [7, 11) is 0. The molecule has 0 N–H and O–H groups in total. The van der Waals surface area contributed by atoms with Gasteiger partial charge in [0.25, 0.3) is 17.5 Å². The maximum absolute atomic E-state index is 13.1. The summed E-state index contributed by atoms with van der Waals surface area (Å²) in [6.45, 7) is 2.95. The van der Waals surface area contributed by atoms with E-state index in [-0.39, 0.29) is 18.0 Å². The van der Waals surface area contributed by atoms with Crippen molar-refractivity contribution >= 4 is 35.2 Å². The minimum atomic E-state index is -0.881. The van der Waals surface area contributed by atoms with E-state index in [0.717, 1.165) is 5.06 Å². The quantitative estimate of drug-likeness (QED) is 0.255. The number of hydroxylamine groups is 2.